The SMILES string of the molecule is O=C1C=CCCCCCCCCCCO1. The van der Waals surface area contributed by atoms with E-state index in [0.29, 0.717) is 6.61 Å². The van der Waals surface area contributed by atoms with E-state index in [0.717, 1.165) is 12.8 Å². The van der Waals surface area contributed by atoms with E-state index < -0.39 is 0 Å². The quantitative estimate of drug-likeness (QED) is 0.571. The second-order valence-corrected chi connectivity index (χ2v) is 4.19. The smallest absolute Gasteiger partial charge is 0.330 e. The highest BCUT2D eigenvalue weighted by atomic mass is 16.5. The highest BCUT2D eigenvalue weighted by molar-refractivity contribution is 5.81. The third-order valence-corrected chi connectivity index (χ3v) is 2.76. The number of carbonyl (C=O) groups excluding carboxylic acids is 1. The first-order chi connectivity index (χ1) is 7.39. The van der Waals surface area contributed by atoms with Gasteiger partial charge in [-0.3, -0.25) is 0 Å². The van der Waals surface area contributed by atoms with Crippen molar-refractivity contribution < 1.29 is 9.53 Å². The van der Waals surface area contributed by atoms with Gasteiger partial charge >= 0.3 is 5.97 Å². The molecule has 0 saturated carbocycles. The first-order valence-corrected chi connectivity index (χ1v) is 6.23. The molecule has 0 saturated heterocycles. The lowest BCUT2D eigenvalue weighted by atomic mass is 10.1. The van der Waals surface area contributed by atoms with Crippen LogP contribution >= 0.6 is 0 Å². The molecule has 0 aromatic heterocycles. The highest BCUT2D eigenvalue weighted by Gasteiger charge is 1.98. The van der Waals surface area contributed by atoms with Crippen molar-refractivity contribution in [2.75, 3.05) is 6.61 Å². The lowest BCUT2D eigenvalue weighted by molar-refractivity contribution is -0.137. The Morgan fingerprint density at radius 1 is 0.867 bits per heavy atom. The molecule has 0 N–H and O–H groups in total. The molecule has 0 aromatic rings. The van der Waals surface area contributed by atoms with Crippen LogP contribution in [0.3, 0.4) is 0 Å². The van der Waals surface area contributed by atoms with Crippen molar-refractivity contribution >= 4 is 5.97 Å². The Hall–Kier alpha value is -0.790. The first-order valence-electron chi connectivity index (χ1n) is 6.23. The summed E-state index contributed by atoms with van der Waals surface area (Å²) >= 11 is 0. The lowest BCUT2D eigenvalue weighted by Crippen LogP contribution is -2.02. The molecule has 1 heterocycles. The second-order valence-electron chi connectivity index (χ2n) is 4.19. The van der Waals surface area contributed by atoms with Crippen LogP contribution in [0, 0.1) is 0 Å². The molecule has 0 bridgehead atoms. The maximum atomic E-state index is 11.1. The van der Waals surface area contributed by atoms with E-state index in [1.165, 1.54) is 44.9 Å². The fourth-order valence-corrected chi connectivity index (χ4v) is 1.83. The number of hydrogen-bond acceptors (Lipinski definition) is 2. The van der Waals surface area contributed by atoms with Gasteiger partial charge in [-0.05, 0) is 19.3 Å². The van der Waals surface area contributed by atoms with Crippen molar-refractivity contribution in [2.45, 2.75) is 57.8 Å². The molecule has 0 radical (unpaired) electrons. The monoisotopic (exact) mass is 210 g/mol. The zero-order valence-corrected chi connectivity index (χ0v) is 9.54. The molecule has 1 rings (SSSR count). The maximum Gasteiger partial charge on any atom is 0.330 e. The number of esters is 1. The van der Waals surface area contributed by atoms with Crippen LogP contribution in [0.4, 0.5) is 0 Å². The number of ether oxygens (including phenoxy) is 1. The van der Waals surface area contributed by atoms with E-state index in [-0.39, 0.29) is 5.97 Å². The third-order valence-electron chi connectivity index (χ3n) is 2.76. The van der Waals surface area contributed by atoms with Crippen molar-refractivity contribution in [2.24, 2.45) is 0 Å². The number of allylic oxidation sites excluding steroid dienone is 1. The van der Waals surface area contributed by atoms with Gasteiger partial charge in [-0.15, -0.1) is 0 Å². The molecule has 0 unspecified atom stereocenters. The summed E-state index contributed by atoms with van der Waals surface area (Å²) in [7, 11) is 0. The van der Waals surface area contributed by atoms with Crippen LogP contribution in [0.2, 0.25) is 0 Å². The van der Waals surface area contributed by atoms with Gasteiger partial charge in [0, 0.05) is 6.08 Å². The average molecular weight is 210 g/mol. The minimum Gasteiger partial charge on any atom is -0.463 e. The molecule has 86 valence electrons. The van der Waals surface area contributed by atoms with E-state index >= 15 is 0 Å². The molecule has 0 aromatic carbocycles. The Labute approximate surface area is 92.7 Å². The van der Waals surface area contributed by atoms with E-state index in [4.69, 9.17) is 4.74 Å². The zero-order chi connectivity index (χ0) is 10.8. The fourth-order valence-electron chi connectivity index (χ4n) is 1.83. The highest BCUT2D eigenvalue weighted by Crippen LogP contribution is 2.10. The van der Waals surface area contributed by atoms with E-state index in [1.54, 1.807) is 6.08 Å². The molecule has 0 atom stereocenters. The summed E-state index contributed by atoms with van der Waals surface area (Å²) in [6, 6.07) is 0. The molecular weight excluding hydrogens is 188 g/mol. The number of rotatable bonds is 0. The standard InChI is InChI=1S/C13H22O2/c14-13-11-9-7-5-3-1-2-4-6-8-10-12-15-13/h9,11H,1-8,10,12H2. The Morgan fingerprint density at radius 3 is 2.20 bits per heavy atom. The molecule has 1 aliphatic heterocycles. The van der Waals surface area contributed by atoms with Crippen LogP contribution in [0.15, 0.2) is 12.2 Å². The van der Waals surface area contributed by atoms with Gasteiger partial charge in [0.15, 0.2) is 0 Å². The van der Waals surface area contributed by atoms with Gasteiger partial charge in [-0.1, -0.05) is 44.6 Å². The van der Waals surface area contributed by atoms with Crippen LogP contribution in [-0.4, -0.2) is 12.6 Å². The molecule has 0 spiro atoms. The normalized spacial score (nSPS) is 21.7. The van der Waals surface area contributed by atoms with Gasteiger partial charge in [0.1, 0.15) is 0 Å². The van der Waals surface area contributed by atoms with Crippen molar-refractivity contribution in [3.63, 3.8) is 0 Å². The van der Waals surface area contributed by atoms with E-state index in [9.17, 15) is 4.79 Å². The van der Waals surface area contributed by atoms with Gasteiger partial charge in [0.2, 0.25) is 0 Å². The van der Waals surface area contributed by atoms with Gasteiger partial charge in [0.25, 0.3) is 0 Å². The molecule has 0 aliphatic carbocycles. The van der Waals surface area contributed by atoms with Crippen LogP contribution in [0.25, 0.3) is 0 Å². The Balaban J connectivity index is 2.22. The summed E-state index contributed by atoms with van der Waals surface area (Å²) in [5.41, 5.74) is 0. The predicted molar refractivity (Wildman–Crippen MR) is 61.7 cm³/mol. The minimum absolute atomic E-state index is 0.174. The summed E-state index contributed by atoms with van der Waals surface area (Å²) in [6.45, 7) is 0.586. The average Bonchev–Trinajstić information content (AvgIpc) is 2.24. The Morgan fingerprint density at radius 2 is 1.47 bits per heavy atom. The van der Waals surface area contributed by atoms with Crippen LogP contribution in [0.1, 0.15) is 57.8 Å². The van der Waals surface area contributed by atoms with Gasteiger partial charge in [-0.25, -0.2) is 4.79 Å². The summed E-state index contributed by atoms with van der Waals surface area (Å²) in [5.74, 6) is -0.174. The van der Waals surface area contributed by atoms with Crippen molar-refractivity contribution in [3.05, 3.63) is 12.2 Å². The van der Waals surface area contributed by atoms with Gasteiger partial charge < -0.3 is 4.74 Å². The maximum absolute atomic E-state index is 11.1. The molecule has 0 amide bonds. The Bertz CT molecular complexity index is 197. The van der Waals surface area contributed by atoms with Crippen LogP contribution in [0.5, 0.6) is 0 Å². The summed E-state index contributed by atoms with van der Waals surface area (Å²) in [5, 5.41) is 0. The van der Waals surface area contributed by atoms with Gasteiger partial charge in [0.05, 0.1) is 6.61 Å². The summed E-state index contributed by atoms with van der Waals surface area (Å²) in [6.07, 6.45) is 14.5. The van der Waals surface area contributed by atoms with Gasteiger partial charge in [-0.2, -0.15) is 0 Å². The van der Waals surface area contributed by atoms with Crippen molar-refractivity contribution in [1.29, 1.82) is 0 Å². The van der Waals surface area contributed by atoms with Crippen LogP contribution < -0.4 is 0 Å². The molecule has 15 heavy (non-hydrogen) atoms. The number of carbonyl (C=O) groups is 1. The lowest BCUT2D eigenvalue weighted by Gasteiger charge is -2.04. The molecular formula is C13H22O2. The minimum atomic E-state index is -0.174. The first kappa shape index (κ1) is 12.3. The van der Waals surface area contributed by atoms with E-state index in [1.807, 2.05) is 6.08 Å². The van der Waals surface area contributed by atoms with E-state index in [2.05, 4.69) is 0 Å². The molecule has 2 heteroatoms. The van der Waals surface area contributed by atoms with Crippen molar-refractivity contribution in [1.82, 2.24) is 0 Å². The molecule has 2 nitrogen and oxygen atoms in total. The number of hydrogen-bond donors (Lipinski definition) is 0. The largest absolute Gasteiger partial charge is 0.463 e. The third kappa shape index (κ3) is 7.18. The topological polar surface area (TPSA) is 26.3 Å². The fraction of sp³-hybridized carbons (Fsp3) is 0.769. The zero-order valence-electron chi connectivity index (χ0n) is 9.54. The van der Waals surface area contributed by atoms with Crippen LogP contribution in [-0.2, 0) is 9.53 Å². The number of cyclic esters (lactones) is 1. The van der Waals surface area contributed by atoms with Crippen molar-refractivity contribution in [3.8, 4) is 0 Å². The predicted octanol–water partition coefficient (Wildman–Crippen LogP) is 3.61. The summed E-state index contributed by atoms with van der Waals surface area (Å²) < 4.78 is 5.06. The second kappa shape index (κ2) is 8.51. The summed E-state index contributed by atoms with van der Waals surface area (Å²) in [4.78, 5) is 11.1. The Kier molecular flexibility index (Phi) is 6.97. The molecule has 1 aliphatic rings. The molecule has 0 fully saturated rings.